The van der Waals surface area contributed by atoms with Gasteiger partial charge in [0.15, 0.2) is 0 Å². The van der Waals surface area contributed by atoms with Crippen molar-refractivity contribution in [3.63, 3.8) is 0 Å². The van der Waals surface area contributed by atoms with Gasteiger partial charge in [0.05, 0.1) is 0 Å². The molecule has 1 aliphatic rings. The third-order valence-corrected chi connectivity index (χ3v) is 3.15. The van der Waals surface area contributed by atoms with Gasteiger partial charge in [-0.3, -0.25) is 0 Å². The van der Waals surface area contributed by atoms with Gasteiger partial charge in [-0.15, -0.1) is 0 Å². The molecule has 0 saturated carbocycles. The average molecular weight is 262 g/mol. The first-order valence-electron chi connectivity index (χ1n) is 4.42. The van der Waals surface area contributed by atoms with E-state index in [1.807, 2.05) is 0 Å². The molecule has 3 nitrogen and oxygen atoms in total. The lowest BCUT2D eigenvalue weighted by Crippen LogP contribution is -2.27. The fourth-order valence-corrected chi connectivity index (χ4v) is 1.71. The first-order valence-corrected chi connectivity index (χ1v) is 5.83. The standard InChI is InChI=1S/C8H10F4O3S/c1-7(9)4-2-6(3-5-7)15-16(13,14)8(10,11)12/h2H,3-5H2,1H3. The minimum Gasteiger partial charge on any atom is -0.381 e. The van der Waals surface area contributed by atoms with E-state index in [0.717, 1.165) is 6.08 Å². The van der Waals surface area contributed by atoms with Crippen LogP contribution in [-0.4, -0.2) is 19.6 Å². The summed E-state index contributed by atoms with van der Waals surface area (Å²) in [6, 6.07) is 0. The van der Waals surface area contributed by atoms with Crippen LogP contribution in [0.5, 0.6) is 0 Å². The molecule has 0 aliphatic heterocycles. The summed E-state index contributed by atoms with van der Waals surface area (Å²) in [5.74, 6) is -0.354. The molecule has 0 fully saturated rings. The van der Waals surface area contributed by atoms with Crippen LogP contribution in [0.3, 0.4) is 0 Å². The lowest BCUT2D eigenvalue weighted by Gasteiger charge is -2.24. The lowest BCUT2D eigenvalue weighted by atomic mass is 9.92. The van der Waals surface area contributed by atoms with Crippen LogP contribution in [-0.2, 0) is 14.3 Å². The topological polar surface area (TPSA) is 43.4 Å². The Kier molecular flexibility index (Phi) is 3.24. The summed E-state index contributed by atoms with van der Waals surface area (Å²) >= 11 is 0. The van der Waals surface area contributed by atoms with E-state index in [0.29, 0.717) is 0 Å². The van der Waals surface area contributed by atoms with Gasteiger partial charge in [-0.05, 0) is 19.4 Å². The zero-order chi connectivity index (χ0) is 12.6. The van der Waals surface area contributed by atoms with Gasteiger partial charge in [0.25, 0.3) is 0 Å². The van der Waals surface area contributed by atoms with E-state index < -0.39 is 21.3 Å². The molecule has 16 heavy (non-hydrogen) atoms. The highest BCUT2D eigenvalue weighted by molar-refractivity contribution is 7.87. The molecule has 0 radical (unpaired) electrons. The minimum absolute atomic E-state index is 0.0633. The van der Waals surface area contributed by atoms with Crippen molar-refractivity contribution in [3.05, 3.63) is 11.8 Å². The van der Waals surface area contributed by atoms with E-state index >= 15 is 0 Å². The SMILES string of the molecule is CC1(F)CC=C(OS(=O)(=O)C(F)(F)F)CC1. The minimum atomic E-state index is -5.63. The monoisotopic (exact) mass is 262 g/mol. The van der Waals surface area contributed by atoms with E-state index in [-0.39, 0.29) is 25.0 Å². The second-order valence-electron chi connectivity index (χ2n) is 3.77. The molecule has 0 heterocycles. The molecular formula is C8H10F4O3S. The van der Waals surface area contributed by atoms with E-state index in [1.165, 1.54) is 6.92 Å². The molecule has 0 bridgehead atoms. The van der Waals surface area contributed by atoms with Crippen molar-refractivity contribution in [1.29, 1.82) is 0 Å². The Labute approximate surface area is 90.2 Å². The van der Waals surface area contributed by atoms with Gasteiger partial charge in [-0.1, -0.05) is 0 Å². The number of halogens is 4. The van der Waals surface area contributed by atoms with E-state index in [4.69, 9.17) is 0 Å². The predicted octanol–water partition coefficient (Wildman–Crippen LogP) is 2.65. The smallest absolute Gasteiger partial charge is 0.381 e. The van der Waals surface area contributed by atoms with Gasteiger partial charge in [0.1, 0.15) is 11.4 Å². The quantitative estimate of drug-likeness (QED) is 0.436. The van der Waals surface area contributed by atoms with Crippen molar-refractivity contribution in [2.75, 3.05) is 0 Å². The molecule has 0 aromatic heterocycles. The normalized spacial score (nSPS) is 27.4. The maximum absolute atomic E-state index is 13.2. The van der Waals surface area contributed by atoms with Crippen LogP contribution in [0.25, 0.3) is 0 Å². The second-order valence-corrected chi connectivity index (χ2v) is 5.31. The average Bonchev–Trinajstić information content (AvgIpc) is 2.06. The van der Waals surface area contributed by atoms with Gasteiger partial charge in [0, 0.05) is 12.8 Å². The molecule has 0 spiro atoms. The summed E-state index contributed by atoms with van der Waals surface area (Å²) in [5.41, 5.74) is -6.97. The summed E-state index contributed by atoms with van der Waals surface area (Å²) in [5, 5.41) is 0. The number of allylic oxidation sites excluding steroid dienone is 2. The first-order chi connectivity index (χ1) is 7.04. The molecule has 1 aliphatic carbocycles. The Balaban J connectivity index is 2.75. The van der Waals surface area contributed by atoms with Crippen LogP contribution in [0, 0.1) is 0 Å². The van der Waals surface area contributed by atoms with Gasteiger partial charge in [-0.2, -0.15) is 21.6 Å². The van der Waals surface area contributed by atoms with Crippen LogP contribution in [0.15, 0.2) is 11.8 Å². The molecule has 1 rings (SSSR count). The Morgan fingerprint density at radius 1 is 1.44 bits per heavy atom. The fraction of sp³-hybridized carbons (Fsp3) is 0.750. The molecule has 0 aromatic carbocycles. The molecule has 0 N–H and O–H groups in total. The zero-order valence-corrected chi connectivity index (χ0v) is 9.16. The lowest BCUT2D eigenvalue weighted by molar-refractivity contribution is -0.0525. The highest BCUT2D eigenvalue weighted by Crippen LogP contribution is 2.34. The maximum atomic E-state index is 13.2. The van der Waals surface area contributed by atoms with Crippen LogP contribution in [0.2, 0.25) is 0 Å². The van der Waals surface area contributed by atoms with Gasteiger partial charge in [-0.25, -0.2) is 4.39 Å². The first kappa shape index (κ1) is 13.3. The van der Waals surface area contributed by atoms with Crippen LogP contribution in [0.4, 0.5) is 17.6 Å². The van der Waals surface area contributed by atoms with E-state index in [9.17, 15) is 26.0 Å². The van der Waals surface area contributed by atoms with E-state index in [1.54, 1.807) is 0 Å². The number of alkyl halides is 4. The molecular weight excluding hydrogens is 252 g/mol. The number of hydrogen-bond donors (Lipinski definition) is 0. The predicted molar refractivity (Wildman–Crippen MR) is 47.5 cm³/mol. The van der Waals surface area contributed by atoms with Crippen molar-refractivity contribution in [2.24, 2.45) is 0 Å². The van der Waals surface area contributed by atoms with Crippen LogP contribution in [0.1, 0.15) is 26.2 Å². The summed E-state index contributed by atoms with van der Waals surface area (Å²) in [6.45, 7) is 1.29. The van der Waals surface area contributed by atoms with Crippen molar-refractivity contribution >= 4 is 10.1 Å². The molecule has 8 heteroatoms. The fourth-order valence-electron chi connectivity index (χ4n) is 1.18. The van der Waals surface area contributed by atoms with Crippen molar-refractivity contribution in [3.8, 4) is 0 Å². The van der Waals surface area contributed by atoms with Crippen molar-refractivity contribution in [2.45, 2.75) is 37.4 Å². The molecule has 1 unspecified atom stereocenters. The highest BCUT2D eigenvalue weighted by Gasteiger charge is 2.49. The summed E-state index contributed by atoms with van der Waals surface area (Å²) in [7, 11) is -5.63. The van der Waals surface area contributed by atoms with Crippen LogP contribution >= 0.6 is 0 Å². The second kappa shape index (κ2) is 3.90. The Morgan fingerprint density at radius 2 is 2.00 bits per heavy atom. The van der Waals surface area contributed by atoms with Gasteiger partial charge in [0.2, 0.25) is 0 Å². The van der Waals surface area contributed by atoms with Crippen molar-refractivity contribution in [1.82, 2.24) is 0 Å². The van der Waals surface area contributed by atoms with Gasteiger partial charge >= 0.3 is 15.6 Å². The Bertz CT molecular complexity index is 394. The Hall–Kier alpha value is -0.790. The number of hydrogen-bond acceptors (Lipinski definition) is 3. The largest absolute Gasteiger partial charge is 0.534 e. The molecule has 1 atom stereocenters. The Morgan fingerprint density at radius 3 is 2.38 bits per heavy atom. The third-order valence-electron chi connectivity index (χ3n) is 2.15. The number of rotatable bonds is 2. The molecule has 94 valence electrons. The summed E-state index contributed by atoms with van der Waals surface area (Å²) < 4.78 is 74.1. The van der Waals surface area contributed by atoms with Gasteiger partial charge < -0.3 is 4.18 Å². The maximum Gasteiger partial charge on any atom is 0.534 e. The highest BCUT2D eigenvalue weighted by atomic mass is 32.2. The van der Waals surface area contributed by atoms with E-state index in [2.05, 4.69) is 4.18 Å². The third kappa shape index (κ3) is 3.10. The molecule has 0 amide bonds. The summed E-state index contributed by atoms with van der Waals surface area (Å²) in [4.78, 5) is 0. The van der Waals surface area contributed by atoms with Crippen molar-refractivity contribution < 1.29 is 30.2 Å². The van der Waals surface area contributed by atoms with Crippen LogP contribution < -0.4 is 0 Å². The summed E-state index contributed by atoms with van der Waals surface area (Å²) in [6.07, 6.45) is 0.650. The molecule has 0 saturated heterocycles. The molecule has 0 aromatic rings. The zero-order valence-electron chi connectivity index (χ0n) is 8.34.